The molecular formula is C31H25N3O. The Morgan fingerprint density at radius 2 is 1.09 bits per heavy atom. The molecule has 0 saturated carbocycles. The van der Waals surface area contributed by atoms with Gasteiger partial charge in [-0.15, -0.1) is 0 Å². The zero-order chi connectivity index (χ0) is 24.0. The van der Waals surface area contributed by atoms with Crippen LogP contribution >= 0.6 is 0 Å². The Morgan fingerprint density at radius 1 is 0.514 bits per heavy atom. The predicted molar refractivity (Wildman–Crippen MR) is 142 cm³/mol. The highest BCUT2D eigenvalue weighted by molar-refractivity contribution is 6.06. The maximum absolute atomic E-state index is 5.98. The third-order valence-corrected chi connectivity index (χ3v) is 6.19. The van der Waals surface area contributed by atoms with E-state index in [4.69, 9.17) is 19.4 Å². The average molecular weight is 456 g/mol. The lowest BCUT2D eigenvalue weighted by atomic mass is 9.95. The minimum absolute atomic E-state index is 0.191. The normalized spacial score (nSPS) is 11.9. The lowest BCUT2D eigenvalue weighted by Gasteiger charge is -2.18. The Labute approximate surface area is 204 Å². The van der Waals surface area contributed by atoms with Crippen molar-refractivity contribution in [1.29, 1.82) is 0 Å². The molecule has 6 aromatic rings. The molecule has 6 rings (SSSR count). The van der Waals surface area contributed by atoms with E-state index in [0.717, 1.165) is 50.0 Å². The fraction of sp³-hybridized carbons (Fsp3) is 0.129. The molecule has 0 unspecified atom stereocenters. The molecule has 2 heterocycles. The van der Waals surface area contributed by atoms with E-state index in [9.17, 15) is 0 Å². The van der Waals surface area contributed by atoms with Gasteiger partial charge in [-0.2, -0.15) is 0 Å². The molecule has 0 aliphatic heterocycles. The molecule has 4 aromatic carbocycles. The Balaban J connectivity index is 1.41. The first-order chi connectivity index (χ1) is 17.0. The summed E-state index contributed by atoms with van der Waals surface area (Å²) in [6.45, 7) is 6.37. The van der Waals surface area contributed by atoms with Gasteiger partial charge < -0.3 is 4.42 Å². The minimum Gasteiger partial charge on any atom is -0.456 e. The molecule has 0 spiro atoms. The second-order valence-electron chi connectivity index (χ2n) is 9.81. The van der Waals surface area contributed by atoms with Crippen LogP contribution in [0.2, 0.25) is 0 Å². The van der Waals surface area contributed by atoms with Crippen LogP contribution in [0.15, 0.2) is 101 Å². The SMILES string of the molecule is CC(C)(C)c1nc(-c2ccccc2)nc(-c2ccc(-c3ccc4oc5ccccc5c4c3)cc2)n1. The molecule has 4 heteroatoms. The molecular weight excluding hydrogens is 430 g/mol. The topological polar surface area (TPSA) is 51.8 Å². The highest BCUT2D eigenvalue weighted by Crippen LogP contribution is 2.33. The van der Waals surface area contributed by atoms with Crippen LogP contribution in [0.25, 0.3) is 55.8 Å². The lowest BCUT2D eigenvalue weighted by molar-refractivity contribution is 0.543. The zero-order valence-corrected chi connectivity index (χ0v) is 20.0. The number of para-hydroxylation sites is 1. The number of aromatic nitrogens is 3. The van der Waals surface area contributed by atoms with Crippen molar-refractivity contribution in [2.75, 3.05) is 0 Å². The van der Waals surface area contributed by atoms with E-state index >= 15 is 0 Å². The highest BCUT2D eigenvalue weighted by Gasteiger charge is 2.21. The number of fused-ring (bicyclic) bond motifs is 3. The van der Waals surface area contributed by atoms with E-state index in [2.05, 4.69) is 63.2 Å². The third kappa shape index (κ3) is 3.97. The Bertz CT molecular complexity index is 1660. The fourth-order valence-electron chi connectivity index (χ4n) is 4.27. The molecule has 0 radical (unpaired) electrons. The van der Waals surface area contributed by atoms with Gasteiger partial charge in [0.1, 0.15) is 17.0 Å². The van der Waals surface area contributed by atoms with Crippen LogP contribution < -0.4 is 0 Å². The number of rotatable bonds is 3. The van der Waals surface area contributed by atoms with E-state index in [0.29, 0.717) is 11.6 Å². The summed E-state index contributed by atoms with van der Waals surface area (Å²) in [5.74, 6) is 2.16. The van der Waals surface area contributed by atoms with Gasteiger partial charge in [-0.3, -0.25) is 0 Å². The summed E-state index contributed by atoms with van der Waals surface area (Å²) < 4.78 is 5.98. The van der Waals surface area contributed by atoms with Crippen LogP contribution in [-0.4, -0.2) is 15.0 Å². The Hall–Kier alpha value is -4.31. The monoisotopic (exact) mass is 455 g/mol. The molecule has 2 aromatic heterocycles. The average Bonchev–Trinajstić information content (AvgIpc) is 3.26. The summed E-state index contributed by atoms with van der Waals surface area (Å²) in [5.41, 5.74) is 5.85. The van der Waals surface area contributed by atoms with Crippen LogP contribution in [0.3, 0.4) is 0 Å². The maximum atomic E-state index is 5.98. The van der Waals surface area contributed by atoms with Gasteiger partial charge in [0.2, 0.25) is 0 Å². The number of benzene rings is 4. The lowest BCUT2D eigenvalue weighted by Crippen LogP contribution is -2.18. The van der Waals surface area contributed by atoms with E-state index in [1.807, 2.05) is 54.6 Å². The molecule has 0 saturated heterocycles. The molecule has 4 nitrogen and oxygen atoms in total. The van der Waals surface area contributed by atoms with Crippen molar-refractivity contribution in [2.45, 2.75) is 26.2 Å². The van der Waals surface area contributed by atoms with Gasteiger partial charge in [-0.05, 0) is 29.3 Å². The van der Waals surface area contributed by atoms with Crippen LogP contribution in [0.5, 0.6) is 0 Å². The van der Waals surface area contributed by atoms with Crippen molar-refractivity contribution in [3.63, 3.8) is 0 Å². The predicted octanol–water partition coefficient (Wildman–Crippen LogP) is 8.07. The van der Waals surface area contributed by atoms with Gasteiger partial charge in [-0.1, -0.05) is 99.6 Å². The summed E-state index contributed by atoms with van der Waals surface area (Å²) >= 11 is 0. The molecule has 170 valence electrons. The van der Waals surface area contributed by atoms with Gasteiger partial charge in [0.15, 0.2) is 11.6 Å². The third-order valence-electron chi connectivity index (χ3n) is 6.19. The van der Waals surface area contributed by atoms with Gasteiger partial charge in [0.05, 0.1) is 0 Å². The summed E-state index contributed by atoms with van der Waals surface area (Å²) in [7, 11) is 0. The zero-order valence-electron chi connectivity index (χ0n) is 20.0. The van der Waals surface area contributed by atoms with Gasteiger partial charge in [-0.25, -0.2) is 15.0 Å². The van der Waals surface area contributed by atoms with Gasteiger partial charge in [0.25, 0.3) is 0 Å². The number of hydrogen-bond donors (Lipinski definition) is 0. The molecule has 0 amide bonds. The van der Waals surface area contributed by atoms with Crippen molar-refractivity contribution < 1.29 is 4.42 Å². The van der Waals surface area contributed by atoms with E-state index < -0.39 is 0 Å². The highest BCUT2D eigenvalue weighted by atomic mass is 16.3. The van der Waals surface area contributed by atoms with Crippen LogP contribution in [0, 0.1) is 0 Å². The maximum Gasteiger partial charge on any atom is 0.163 e. The molecule has 0 aliphatic carbocycles. The first kappa shape index (κ1) is 21.2. The molecule has 0 fully saturated rings. The molecule has 0 N–H and O–H groups in total. The Morgan fingerprint density at radius 3 is 1.80 bits per heavy atom. The van der Waals surface area contributed by atoms with Crippen LogP contribution in [0.4, 0.5) is 0 Å². The van der Waals surface area contributed by atoms with E-state index in [1.54, 1.807) is 0 Å². The van der Waals surface area contributed by atoms with Crippen molar-refractivity contribution in [3.8, 4) is 33.9 Å². The van der Waals surface area contributed by atoms with Crippen molar-refractivity contribution in [2.24, 2.45) is 0 Å². The first-order valence-corrected chi connectivity index (χ1v) is 11.8. The number of nitrogens with zero attached hydrogens (tertiary/aromatic N) is 3. The summed E-state index contributed by atoms with van der Waals surface area (Å²) in [5, 5.41) is 2.26. The minimum atomic E-state index is -0.191. The summed E-state index contributed by atoms with van der Waals surface area (Å²) in [4.78, 5) is 14.4. The Kier molecular flexibility index (Phi) is 4.96. The van der Waals surface area contributed by atoms with Crippen molar-refractivity contribution in [3.05, 3.63) is 103 Å². The van der Waals surface area contributed by atoms with Crippen LogP contribution in [0.1, 0.15) is 26.6 Å². The molecule has 0 atom stereocenters. The second-order valence-corrected chi connectivity index (χ2v) is 9.81. The van der Waals surface area contributed by atoms with Crippen LogP contribution in [-0.2, 0) is 5.41 Å². The summed E-state index contributed by atoms with van der Waals surface area (Å²) in [6.07, 6.45) is 0. The fourth-order valence-corrected chi connectivity index (χ4v) is 4.27. The van der Waals surface area contributed by atoms with E-state index in [-0.39, 0.29) is 5.41 Å². The van der Waals surface area contributed by atoms with E-state index in [1.165, 1.54) is 0 Å². The molecule has 0 bridgehead atoms. The van der Waals surface area contributed by atoms with Crippen molar-refractivity contribution in [1.82, 2.24) is 15.0 Å². The van der Waals surface area contributed by atoms with Crippen molar-refractivity contribution >= 4 is 21.9 Å². The largest absolute Gasteiger partial charge is 0.456 e. The summed E-state index contributed by atoms with van der Waals surface area (Å²) in [6, 6.07) is 33.0. The first-order valence-electron chi connectivity index (χ1n) is 11.8. The quantitative estimate of drug-likeness (QED) is 0.271. The second kappa shape index (κ2) is 8.17. The smallest absolute Gasteiger partial charge is 0.163 e. The molecule has 35 heavy (non-hydrogen) atoms. The van der Waals surface area contributed by atoms with Gasteiger partial charge in [0, 0.05) is 27.3 Å². The number of hydrogen-bond acceptors (Lipinski definition) is 4. The standard InChI is InChI=1S/C31H25N3O/c1-31(2,3)30-33-28(21-9-5-4-6-10-21)32-29(34-30)22-15-13-20(14-16-22)23-17-18-27-25(19-23)24-11-7-8-12-26(24)35-27/h4-19H,1-3H3. The number of furan rings is 1. The van der Waals surface area contributed by atoms with Gasteiger partial charge >= 0.3 is 0 Å². The molecule has 0 aliphatic rings.